The number of aromatic nitrogens is 2. The minimum atomic E-state index is -0.449. The van der Waals surface area contributed by atoms with Crippen molar-refractivity contribution in [2.24, 2.45) is 0 Å². The minimum Gasteiger partial charge on any atom is -0.269 e. The molecule has 2 aromatic carbocycles. The topological polar surface area (TPSA) is 77.5 Å². The maximum Gasteiger partial charge on any atom is 0.269 e. The summed E-state index contributed by atoms with van der Waals surface area (Å²) in [5, 5.41) is 12.6. The van der Waals surface area contributed by atoms with Gasteiger partial charge in [0.25, 0.3) is 11.2 Å². The van der Waals surface area contributed by atoms with Gasteiger partial charge in [0.15, 0.2) is 4.96 Å². The average molecular weight is 349 g/mol. The fraction of sp³-hybridized carbons (Fsp3) is 0. The van der Waals surface area contributed by atoms with Crippen LogP contribution in [0.5, 0.6) is 0 Å². The summed E-state index contributed by atoms with van der Waals surface area (Å²) >= 11 is 1.36. The Morgan fingerprint density at radius 1 is 1.00 bits per heavy atom. The summed E-state index contributed by atoms with van der Waals surface area (Å²) in [5.41, 5.74) is 2.74. The highest BCUT2D eigenvalue weighted by atomic mass is 32.1. The number of thiazole rings is 1. The van der Waals surface area contributed by atoms with E-state index in [9.17, 15) is 14.9 Å². The number of nitro groups is 1. The fourth-order valence-electron chi connectivity index (χ4n) is 2.63. The first-order valence-corrected chi connectivity index (χ1v) is 8.33. The summed E-state index contributed by atoms with van der Waals surface area (Å²) in [6.45, 7) is 0. The predicted molar refractivity (Wildman–Crippen MR) is 96.9 cm³/mol. The van der Waals surface area contributed by atoms with Gasteiger partial charge in [-0.3, -0.25) is 19.3 Å². The lowest BCUT2D eigenvalue weighted by Crippen LogP contribution is -2.13. The van der Waals surface area contributed by atoms with Crippen molar-refractivity contribution in [3.63, 3.8) is 0 Å². The van der Waals surface area contributed by atoms with Crippen LogP contribution in [0.3, 0.4) is 0 Å². The molecule has 0 bridgehead atoms. The molecule has 4 aromatic rings. The maximum absolute atomic E-state index is 12.6. The Morgan fingerprint density at radius 2 is 1.72 bits per heavy atom. The van der Waals surface area contributed by atoms with Crippen LogP contribution < -0.4 is 5.56 Å². The largest absolute Gasteiger partial charge is 0.269 e. The van der Waals surface area contributed by atoms with E-state index in [0.717, 1.165) is 11.1 Å². The molecule has 0 aliphatic rings. The van der Waals surface area contributed by atoms with E-state index in [1.54, 1.807) is 12.1 Å². The lowest BCUT2D eigenvalue weighted by atomic mass is 10.1. The summed E-state index contributed by atoms with van der Waals surface area (Å²) in [6, 6.07) is 17.1. The van der Waals surface area contributed by atoms with E-state index in [4.69, 9.17) is 0 Å². The summed E-state index contributed by atoms with van der Waals surface area (Å²) in [6.07, 6.45) is 0. The van der Waals surface area contributed by atoms with E-state index in [0.29, 0.717) is 16.3 Å². The maximum atomic E-state index is 12.6. The summed E-state index contributed by atoms with van der Waals surface area (Å²) in [5.74, 6) is 0. The van der Waals surface area contributed by atoms with Crippen molar-refractivity contribution in [2.75, 3.05) is 0 Å². The van der Waals surface area contributed by atoms with Crippen molar-refractivity contribution >= 4 is 22.0 Å². The molecular formula is C18H11N3O3S. The standard InChI is InChI=1S/C18H11N3O3S/c22-17-10-15(12-4-2-1-3-5-12)19-18-20(17)16(11-25-18)13-6-8-14(9-7-13)21(23)24/h1-11H. The molecule has 0 N–H and O–H groups in total. The van der Waals surface area contributed by atoms with Gasteiger partial charge < -0.3 is 0 Å². The van der Waals surface area contributed by atoms with Crippen molar-refractivity contribution in [1.29, 1.82) is 0 Å². The number of fused-ring (bicyclic) bond motifs is 1. The lowest BCUT2D eigenvalue weighted by molar-refractivity contribution is -0.384. The van der Waals surface area contributed by atoms with Gasteiger partial charge in [-0.2, -0.15) is 0 Å². The number of benzene rings is 2. The molecule has 0 aliphatic heterocycles. The zero-order valence-electron chi connectivity index (χ0n) is 12.8. The molecule has 6 nitrogen and oxygen atoms in total. The number of rotatable bonds is 3. The van der Waals surface area contributed by atoms with Crippen LogP contribution in [-0.2, 0) is 0 Å². The molecule has 0 saturated heterocycles. The average Bonchev–Trinajstić information content (AvgIpc) is 3.07. The normalized spacial score (nSPS) is 10.9. The molecule has 0 fully saturated rings. The molecular weight excluding hydrogens is 338 g/mol. The van der Waals surface area contributed by atoms with E-state index in [1.165, 1.54) is 33.9 Å². The van der Waals surface area contributed by atoms with Gasteiger partial charge in [-0.25, -0.2) is 4.98 Å². The van der Waals surface area contributed by atoms with Gasteiger partial charge in [-0.05, 0) is 12.1 Å². The molecule has 4 rings (SSSR count). The third-order valence-corrected chi connectivity index (χ3v) is 4.67. The second-order valence-electron chi connectivity index (χ2n) is 5.39. The van der Waals surface area contributed by atoms with E-state index in [-0.39, 0.29) is 11.2 Å². The van der Waals surface area contributed by atoms with Gasteiger partial charge in [-0.1, -0.05) is 30.3 Å². The van der Waals surface area contributed by atoms with E-state index >= 15 is 0 Å². The minimum absolute atomic E-state index is 0.0140. The van der Waals surface area contributed by atoms with Gasteiger partial charge in [-0.15, -0.1) is 11.3 Å². The van der Waals surface area contributed by atoms with Crippen LogP contribution in [0.1, 0.15) is 0 Å². The third kappa shape index (κ3) is 2.70. The number of hydrogen-bond donors (Lipinski definition) is 0. The van der Waals surface area contributed by atoms with Crippen molar-refractivity contribution in [3.8, 4) is 22.5 Å². The molecule has 25 heavy (non-hydrogen) atoms. The van der Waals surface area contributed by atoms with E-state index in [2.05, 4.69) is 4.98 Å². The number of nitrogens with zero attached hydrogens (tertiary/aromatic N) is 3. The first-order chi connectivity index (χ1) is 12.1. The predicted octanol–water partition coefficient (Wildman–Crippen LogP) is 4.00. The Hall–Kier alpha value is -3.32. The van der Waals surface area contributed by atoms with Gasteiger partial charge in [0.05, 0.1) is 16.3 Å². The van der Waals surface area contributed by atoms with Gasteiger partial charge in [0, 0.05) is 34.7 Å². The van der Waals surface area contributed by atoms with Gasteiger partial charge >= 0.3 is 0 Å². The van der Waals surface area contributed by atoms with Crippen LogP contribution in [0.2, 0.25) is 0 Å². The molecule has 0 saturated carbocycles. The Morgan fingerprint density at radius 3 is 2.40 bits per heavy atom. The zero-order valence-corrected chi connectivity index (χ0v) is 13.6. The Labute approximate surface area is 145 Å². The second-order valence-corrected chi connectivity index (χ2v) is 6.23. The van der Waals surface area contributed by atoms with Crippen LogP contribution in [-0.4, -0.2) is 14.3 Å². The molecule has 0 atom stereocenters. The van der Waals surface area contributed by atoms with Gasteiger partial charge in [0.2, 0.25) is 0 Å². The van der Waals surface area contributed by atoms with E-state index < -0.39 is 4.92 Å². The molecule has 0 amide bonds. The lowest BCUT2D eigenvalue weighted by Gasteiger charge is -2.04. The Bertz CT molecular complexity index is 1130. The quantitative estimate of drug-likeness (QED) is 0.414. The number of nitro benzene ring substituents is 1. The van der Waals surface area contributed by atoms with Crippen LogP contribution >= 0.6 is 11.3 Å². The van der Waals surface area contributed by atoms with Crippen LogP contribution in [0.15, 0.2) is 70.8 Å². The Balaban J connectivity index is 1.85. The molecule has 2 aromatic heterocycles. The van der Waals surface area contributed by atoms with E-state index in [1.807, 2.05) is 35.7 Å². The van der Waals surface area contributed by atoms with Crippen molar-refractivity contribution in [3.05, 3.63) is 86.5 Å². The summed E-state index contributed by atoms with van der Waals surface area (Å²) < 4.78 is 1.53. The van der Waals surface area contributed by atoms with Crippen molar-refractivity contribution in [2.45, 2.75) is 0 Å². The highest BCUT2D eigenvalue weighted by molar-refractivity contribution is 7.15. The zero-order chi connectivity index (χ0) is 17.4. The first kappa shape index (κ1) is 15.2. The third-order valence-electron chi connectivity index (χ3n) is 3.85. The SMILES string of the molecule is O=c1cc(-c2ccccc2)nc2scc(-c3ccc([N+](=O)[O-])cc3)n12. The van der Waals surface area contributed by atoms with Crippen LogP contribution in [0.4, 0.5) is 5.69 Å². The molecule has 0 radical (unpaired) electrons. The second kappa shape index (κ2) is 5.95. The summed E-state index contributed by atoms with van der Waals surface area (Å²) in [4.78, 5) is 28.1. The highest BCUT2D eigenvalue weighted by Gasteiger charge is 2.13. The first-order valence-electron chi connectivity index (χ1n) is 7.45. The smallest absolute Gasteiger partial charge is 0.269 e. The molecule has 7 heteroatoms. The molecule has 0 unspecified atom stereocenters. The number of hydrogen-bond acceptors (Lipinski definition) is 5. The van der Waals surface area contributed by atoms with Crippen molar-refractivity contribution in [1.82, 2.24) is 9.38 Å². The number of non-ortho nitro benzene ring substituents is 1. The van der Waals surface area contributed by atoms with Crippen molar-refractivity contribution < 1.29 is 4.92 Å². The van der Waals surface area contributed by atoms with Crippen LogP contribution in [0, 0.1) is 10.1 Å². The molecule has 0 spiro atoms. The molecule has 122 valence electrons. The highest BCUT2D eigenvalue weighted by Crippen LogP contribution is 2.27. The molecule has 0 aliphatic carbocycles. The van der Waals surface area contributed by atoms with Crippen LogP contribution in [0.25, 0.3) is 27.5 Å². The summed E-state index contributed by atoms with van der Waals surface area (Å²) in [7, 11) is 0. The molecule has 2 heterocycles. The fourth-order valence-corrected chi connectivity index (χ4v) is 3.53. The Kier molecular flexibility index (Phi) is 3.62. The van der Waals surface area contributed by atoms with Gasteiger partial charge in [0.1, 0.15) is 0 Å². The monoisotopic (exact) mass is 349 g/mol.